The molecule has 1 aliphatic rings. The summed E-state index contributed by atoms with van der Waals surface area (Å²) in [6.45, 7) is 9.29. The SMILES string of the molecule is CCOC(=O)c1[nH]c(C)c(C(=O)OCC(=O)N[C@H]2CCC[C@@H](C)[C@@H]2C)c1C. The minimum absolute atomic E-state index is 0.117. The predicted octanol–water partition coefficient (Wildman–Crippen LogP) is 2.91. The molecule has 0 unspecified atom stereocenters. The standard InChI is InChI=1S/C20H30N2O5/c1-6-26-20(25)18-13(4)17(14(5)21-18)19(24)27-10-16(23)22-15-9-7-8-11(2)12(15)3/h11-12,15,21H,6-10H2,1-5H3,(H,22,23)/t11-,12+,15+/m1/s1. The van der Waals surface area contributed by atoms with Crippen LogP contribution in [0.4, 0.5) is 0 Å². The van der Waals surface area contributed by atoms with Crippen LogP contribution in [0.3, 0.4) is 0 Å². The number of H-pyrrole nitrogens is 1. The van der Waals surface area contributed by atoms with E-state index in [2.05, 4.69) is 24.1 Å². The normalized spacial score (nSPS) is 22.2. The lowest BCUT2D eigenvalue weighted by Gasteiger charge is -2.34. The minimum Gasteiger partial charge on any atom is -0.461 e. The monoisotopic (exact) mass is 378 g/mol. The molecule has 1 saturated carbocycles. The number of amides is 1. The van der Waals surface area contributed by atoms with Crippen molar-refractivity contribution in [1.82, 2.24) is 10.3 Å². The summed E-state index contributed by atoms with van der Waals surface area (Å²) >= 11 is 0. The zero-order valence-electron chi connectivity index (χ0n) is 16.8. The maximum absolute atomic E-state index is 12.4. The van der Waals surface area contributed by atoms with Crippen molar-refractivity contribution >= 4 is 17.8 Å². The Bertz CT molecular complexity index is 709. The van der Waals surface area contributed by atoms with Gasteiger partial charge in [0.2, 0.25) is 0 Å². The van der Waals surface area contributed by atoms with Gasteiger partial charge in [-0.3, -0.25) is 4.79 Å². The maximum atomic E-state index is 12.4. The fourth-order valence-electron chi connectivity index (χ4n) is 3.70. The molecule has 0 radical (unpaired) electrons. The molecule has 1 aromatic rings. The first-order chi connectivity index (χ1) is 12.8. The second-order valence-corrected chi connectivity index (χ2v) is 7.36. The average molecular weight is 378 g/mol. The van der Waals surface area contributed by atoms with Gasteiger partial charge in [-0.1, -0.05) is 26.7 Å². The number of esters is 2. The van der Waals surface area contributed by atoms with Gasteiger partial charge in [-0.25, -0.2) is 9.59 Å². The number of carbonyl (C=O) groups excluding carboxylic acids is 3. The van der Waals surface area contributed by atoms with E-state index in [1.54, 1.807) is 20.8 Å². The lowest BCUT2D eigenvalue weighted by atomic mass is 9.78. The molecule has 1 amide bonds. The summed E-state index contributed by atoms with van der Waals surface area (Å²) in [5.41, 5.74) is 1.48. The highest BCUT2D eigenvalue weighted by Crippen LogP contribution is 2.29. The zero-order chi connectivity index (χ0) is 20.1. The first kappa shape index (κ1) is 21.0. The van der Waals surface area contributed by atoms with E-state index in [-0.39, 0.29) is 36.4 Å². The molecule has 0 spiro atoms. The van der Waals surface area contributed by atoms with Gasteiger partial charge in [0, 0.05) is 11.7 Å². The Hall–Kier alpha value is -2.31. The maximum Gasteiger partial charge on any atom is 0.355 e. The molecule has 1 aliphatic carbocycles. The minimum atomic E-state index is -0.628. The number of aromatic nitrogens is 1. The molecule has 0 bridgehead atoms. The number of carbonyl (C=O) groups is 3. The van der Waals surface area contributed by atoms with Crippen LogP contribution in [0.1, 0.15) is 72.1 Å². The molecule has 0 saturated heterocycles. The van der Waals surface area contributed by atoms with Crippen LogP contribution in [0, 0.1) is 25.7 Å². The Kier molecular flexibility index (Phi) is 7.05. The summed E-state index contributed by atoms with van der Waals surface area (Å²) in [4.78, 5) is 39.4. The van der Waals surface area contributed by atoms with Crippen molar-refractivity contribution in [2.75, 3.05) is 13.2 Å². The van der Waals surface area contributed by atoms with Gasteiger partial charge in [0.15, 0.2) is 6.61 Å². The molecule has 0 aromatic carbocycles. The molecule has 2 rings (SSSR count). The first-order valence-electron chi connectivity index (χ1n) is 9.59. The van der Waals surface area contributed by atoms with Gasteiger partial charge in [-0.2, -0.15) is 0 Å². The Morgan fingerprint density at radius 3 is 2.48 bits per heavy atom. The highest BCUT2D eigenvalue weighted by atomic mass is 16.5. The van der Waals surface area contributed by atoms with E-state index in [4.69, 9.17) is 9.47 Å². The summed E-state index contributed by atoms with van der Waals surface area (Å²) in [5, 5.41) is 2.98. The third-order valence-electron chi connectivity index (χ3n) is 5.51. The van der Waals surface area contributed by atoms with Gasteiger partial charge in [0.05, 0.1) is 12.2 Å². The van der Waals surface area contributed by atoms with Gasteiger partial charge in [0.1, 0.15) is 5.69 Å². The topological polar surface area (TPSA) is 97.5 Å². The van der Waals surface area contributed by atoms with E-state index >= 15 is 0 Å². The van der Waals surface area contributed by atoms with Crippen molar-refractivity contribution in [2.45, 2.75) is 59.9 Å². The highest BCUT2D eigenvalue weighted by Gasteiger charge is 2.29. The molecular formula is C20H30N2O5. The van der Waals surface area contributed by atoms with E-state index in [1.807, 2.05) is 0 Å². The molecule has 2 N–H and O–H groups in total. The number of rotatable bonds is 6. The van der Waals surface area contributed by atoms with Gasteiger partial charge < -0.3 is 19.8 Å². The third kappa shape index (κ3) is 4.90. The summed E-state index contributed by atoms with van der Waals surface area (Å²) in [6, 6.07) is 0.117. The number of hydrogen-bond acceptors (Lipinski definition) is 5. The van der Waals surface area contributed by atoms with E-state index in [0.29, 0.717) is 23.1 Å². The number of hydrogen-bond donors (Lipinski definition) is 2. The lowest BCUT2D eigenvalue weighted by molar-refractivity contribution is -0.125. The van der Waals surface area contributed by atoms with Crippen LogP contribution < -0.4 is 5.32 Å². The summed E-state index contributed by atoms with van der Waals surface area (Å²) in [7, 11) is 0. The largest absolute Gasteiger partial charge is 0.461 e. The molecule has 27 heavy (non-hydrogen) atoms. The molecule has 0 aliphatic heterocycles. The Balaban J connectivity index is 1.95. The highest BCUT2D eigenvalue weighted by molar-refractivity contribution is 5.99. The van der Waals surface area contributed by atoms with Crippen molar-refractivity contribution < 1.29 is 23.9 Å². The van der Waals surface area contributed by atoms with Crippen molar-refractivity contribution in [3.05, 3.63) is 22.5 Å². The summed E-state index contributed by atoms with van der Waals surface area (Å²) in [6.07, 6.45) is 3.22. The Morgan fingerprint density at radius 2 is 1.81 bits per heavy atom. The fraction of sp³-hybridized carbons (Fsp3) is 0.650. The Morgan fingerprint density at radius 1 is 1.11 bits per heavy atom. The van der Waals surface area contributed by atoms with Crippen LogP contribution in [0.15, 0.2) is 0 Å². The number of aromatic amines is 1. The van der Waals surface area contributed by atoms with E-state index < -0.39 is 11.9 Å². The second kappa shape index (κ2) is 9.06. The van der Waals surface area contributed by atoms with E-state index in [0.717, 1.165) is 12.8 Å². The van der Waals surface area contributed by atoms with Gasteiger partial charge in [0.25, 0.3) is 5.91 Å². The van der Waals surface area contributed by atoms with Gasteiger partial charge in [-0.05, 0) is 44.6 Å². The van der Waals surface area contributed by atoms with Crippen LogP contribution >= 0.6 is 0 Å². The van der Waals surface area contributed by atoms with Crippen LogP contribution in [-0.4, -0.2) is 42.1 Å². The third-order valence-corrected chi connectivity index (χ3v) is 5.51. The van der Waals surface area contributed by atoms with Crippen LogP contribution in [0.25, 0.3) is 0 Å². The molecule has 1 heterocycles. The smallest absolute Gasteiger partial charge is 0.355 e. The molecule has 1 aromatic heterocycles. The van der Waals surface area contributed by atoms with Crippen LogP contribution in [0.2, 0.25) is 0 Å². The Labute approximate surface area is 160 Å². The van der Waals surface area contributed by atoms with Gasteiger partial charge >= 0.3 is 11.9 Å². The summed E-state index contributed by atoms with van der Waals surface area (Å²) in [5.74, 6) is -0.476. The van der Waals surface area contributed by atoms with E-state index in [9.17, 15) is 14.4 Å². The number of nitrogens with one attached hydrogen (secondary N) is 2. The van der Waals surface area contributed by atoms with Crippen molar-refractivity contribution in [3.8, 4) is 0 Å². The average Bonchev–Trinajstić information content (AvgIpc) is 2.92. The van der Waals surface area contributed by atoms with Crippen molar-refractivity contribution in [2.24, 2.45) is 11.8 Å². The van der Waals surface area contributed by atoms with E-state index in [1.165, 1.54) is 6.42 Å². The zero-order valence-corrected chi connectivity index (χ0v) is 16.8. The molecule has 150 valence electrons. The van der Waals surface area contributed by atoms with Gasteiger partial charge in [-0.15, -0.1) is 0 Å². The molecule has 3 atom stereocenters. The van der Waals surface area contributed by atoms with Crippen molar-refractivity contribution in [3.63, 3.8) is 0 Å². The lowest BCUT2D eigenvalue weighted by Crippen LogP contribution is -2.45. The number of ether oxygens (including phenoxy) is 2. The molecule has 7 nitrogen and oxygen atoms in total. The second-order valence-electron chi connectivity index (χ2n) is 7.36. The van der Waals surface area contributed by atoms with Crippen molar-refractivity contribution in [1.29, 1.82) is 0 Å². The molecular weight excluding hydrogens is 348 g/mol. The molecule has 1 fully saturated rings. The predicted molar refractivity (Wildman–Crippen MR) is 101 cm³/mol. The fourth-order valence-corrected chi connectivity index (χ4v) is 3.70. The summed E-state index contributed by atoms with van der Waals surface area (Å²) < 4.78 is 10.2. The van der Waals surface area contributed by atoms with Crippen LogP contribution in [0.5, 0.6) is 0 Å². The van der Waals surface area contributed by atoms with Crippen LogP contribution in [-0.2, 0) is 14.3 Å². The molecule has 7 heteroatoms. The first-order valence-corrected chi connectivity index (χ1v) is 9.59. The quantitative estimate of drug-likeness (QED) is 0.742. The number of aryl methyl sites for hydroxylation is 1.